The largest absolute Gasteiger partial charge is 0.370 e. The number of amidine groups is 1. The summed E-state index contributed by atoms with van der Waals surface area (Å²) in [5, 5.41) is 0. The number of amides is 1. The molecular weight excluding hydrogens is 566 g/mol. The Balaban J connectivity index is 0.000000914. The topological polar surface area (TPSA) is 75.8 Å². The van der Waals surface area contributed by atoms with Gasteiger partial charge in [-0.15, -0.1) is 0 Å². The van der Waals surface area contributed by atoms with E-state index < -0.39 is 0 Å². The number of likely N-dealkylation sites (N-methyl/N-ethyl adjacent to an activating group) is 1. The minimum absolute atomic E-state index is 0.153. The van der Waals surface area contributed by atoms with E-state index in [1.165, 1.54) is 180 Å². The lowest BCUT2D eigenvalue weighted by molar-refractivity contribution is -0.118. The van der Waals surface area contributed by atoms with Crippen LogP contribution in [0.15, 0.2) is 4.99 Å². The first-order chi connectivity index (χ1) is 22.6. The van der Waals surface area contributed by atoms with Gasteiger partial charge in [0.25, 0.3) is 0 Å². The van der Waals surface area contributed by atoms with Crippen LogP contribution < -0.4 is 5.73 Å². The van der Waals surface area contributed by atoms with Crippen molar-refractivity contribution in [1.82, 2.24) is 4.90 Å². The van der Waals surface area contributed by atoms with E-state index >= 15 is 0 Å². The Morgan fingerprint density at radius 2 is 0.804 bits per heavy atom. The summed E-state index contributed by atoms with van der Waals surface area (Å²) in [6.45, 7) is 9.29. The Labute approximate surface area is 288 Å². The zero-order valence-electron chi connectivity index (χ0n) is 31.5. The fourth-order valence-corrected chi connectivity index (χ4v) is 6.49. The standard InChI is InChI=1S/C23H44N2O.C18H37NO/c1-3-5-6-7-8-9-10-11-12-13-14-15-16-17-18-19-22(26)23-24-20-21-25(23)4-2;1-2-3-4-5-6-7-8-9-10-11-12-13-14-15-16-17-18(19)20/h3-21H2,1-2H3;2-17H2,1H3,(H2,19,20). The van der Waals surface area contributed by atoms with Crippen molar-refractivity contribution in [3.63, 3.8) is 0 Å². The average molecular weight is 648 g/mol. The summed E-state index contributed by atoms with van der Waals surface area (Å²) in [5.41, 5.74) is 5.11. The highest BCUT2D eigenvalue weighted by Crippen LogP contribution is 2.15. The van der Waals surface area contributed by atoms with E-state index in [0.717, 1.165) is 38.3 Å². The van der Waals surface area contributed by atoms with Gasteiger partial charge in [0.2, 0.25) is 5.91 Å². The van der Waals surface area contributed by atoms with Crippen LogP contribution in [0.1, 0.15) is 226 Å². The van der Waals surface area contributed by atoms with Crippen LogP contribution in [0.2, 0.25) is 0 Å². The van der Waals surface area contributed by atoms with Crippen LogP contribution in [0.3, 0.4) is 0 Å². The van der Waals surface area contributed by atoms with Crippen molar-refractivity contribution in [3.05, 3.63) is 0 Å². The van der Waals surface area contributed by atoms with E-state index in [4.69, 9.17) is 5.73 Å². The molecule has 0 unspecified atom stereocenters. The summed E-state index contributed by atoms with van der Waals surface area (Å²) in [5.74, 6) is 0.858. The van der Waals surface area contributed by atoms with Crippen LogP contribution in [0.5, 0.6) is 0 Å². The van der Waals surface area contributed by atoms with Gasteiger partial charge < -0.3 is 10.6 Å². The molecule has 2 N–H and O–H groups in total. The maximum atomic E-state index is 12.2. The van der Waals surface area contributed by atoms with Gasteiger partial charge in [-0.25, -0.2) is 0 Å². The molecule has 0 aromatic carbocycles. The second-order valence-electron chi connectivity index (χ2n) is 14.1. The molecule has 1 amide bonds. The Kier molecular flexibility index (Phi) is 35.3. The Morgan fingerprint density at radius 1 is 0.500 bits per heavy atom. The molecule has 0 aromatic rings. The van der Waals surface area contributed by atoms with Crippen molar-refractivity contribution >= 4 is 17.5 Å². The van der Waals surface area contributed by atoms with Crippen molar-refractivity contribution in [2.24, 2.45) is 10.7 Å². The van der Waals surface area contributed by atoms with Gasteiger partial charge in [0, 0.05) is 25.9 Å². The van der Waals surface area contributed by atoms with Crippen molar-refractivity contribution in [2.45, 2.75) is 226 Å². The van der Waals surface area contributed by atoms with Gasteiger partial charge in [-0.1, -0.05) is 194 Å². The van der Waals surface area contributed by atoms with Crippen molar-refractivity contribution in [3.8, 4) is 0 Å². The number of hydrogen-bond donors (Lipinski definition) is 1. The monoisotopic (exact) mass is 648 g/mol. The number of nitrogens with zero attached hydrogens (tertiary/aromatic N) is 2. The molecule has 0 radical (unpaired) electrons. The summed E-state index contributed by atoms with van der Waals surface area (Å²) >= 11 is 0. The number of carbonyl (C=O) groups excluding carboxylic acids is 2. The zero-order valence-corrected chi connectivity index (χ0v) is 31.5. The third kappa shape index (κ3) is 31.2. The van der Waals surface area contributed by atoms with Crippen LogP contribution in [0.25, 0.3) is 0 Å². The molecule has 0 aromatic heterocycles. The van der Waals surface area contributed by atoms with Crippen LogP contribution in [-0.2, 0) is 9.59 Å². The molecule has 5 heteroatoms. The summed E-state index contributed by atoms with van der Waals surface area (Å²) in [6, 6.07) is 0. The van der Waals surface area contributed by atoms with Gasteiger partial charge in [-0.3, -0.25) is 14.6 Å². The molecule has 0 aliphatic carbocycles. The Hall–Kier alpha value is -1.39. The van der Waals surface area contributed by atoms with Gasteiger partial charge in [-0.2, -0.15) is 0 Å². The molecule has 0 saturated heterocycles. The number of nitrogens with two attached hydrogens (primary N) is 1. The smallest absolute Gasteiger partial charge is 0.217 e. The number of primary amides is 1. The number of rotatable bonds is 34. The second-order valence-corrected chi connectivity index (χ2v) is 14.1. The van der Waals surface area contributed by atoms with E-state index in [-0.39, 0.29) is 11.7 Å². The zero-order chi connectivity index (χ0) is 33.8. The maximum absolute atomic E-state index is 12.2. The molecule has 0 bridgehead atoms. The van der Waals surface area contributed by atoms with Gasteiger partial charge in [0.05, 0.1) is 6.54 Å². The van der Waals surface area contributed by atoms with E-state index in [9.17, 15) is 9.59 Å². The first kappa shape index (κ1) is 44.6. The third-order valence-corrected chi connectivity index (χ3v) is 9.60. The van der Waals surface area contributed by atoms with E-state index in [1.54, 1.807) is 0 Å². The summed E-state index contributed by atoms with van der Waals surface area (Å²) < 4.78 is 0. The lowest BCUT2D eigenvalue weighted by Crippen LogP contribution is -2.33. The van der Waals surface area contributed by atoms with Crippen molar-refractivity contribution in [2.75, 3.05) is 19.6 Å². The fourth-order valence-electron chi connectivity index (χ4n) is 6.49. The second kappa shape index (κ2) is 36.4. The van der Waals surface area contributed by atoms with Crippen molar-refractivity contribution < 1.29 is 9.59 Å². The van der Waals surface area contributed by atoms with Crippen LogP contribution in [0.4, 0.5) is 0 Å². The normalized spacial score (nSPS) is 12.7. The number of Topliss-reactive ketones (excluding diaryl/α,β-unsaturated/α-hetero) is 1. The predicted molar refractivity (Wildman–Crippen MR) is 203 cm³/mol. The molecule has 0 atom stereocenters. The third-order valence-electron chi connectivity index (χ3n) is 9.60. The predicted octanol–water partition coefficient (Wildman–Crippen LogP) is 12.3. The molecule has 1 aliphatic heterocycles. The van der Waals surface area contributed by atoms with Crippen molar-refractivity contribution in [1.29, 1.82) is 0 Å². The highest BCUT2D eigenvalue weighted by molar-refractivity contribution is 6.39. The van der Waals surface area contributed by atoms with Crippen LogP contribution >= 0.6 is 0 Å². The molecule has 272 valence electrons. The number of aliphatic imine (C=N–C) groups is 1. The highest BCUT2D eigenvalue weighted by atomic mass is 16.1. The number of ketones is 1. The highest BCUT2D eigenvalue weighted by Gasteiger charge is 2.21. The van der Waals surface area contributed by atoms with E-state index in [2.05, 4.69) is 30.7 Å². The summed E-state index contributed by atoms with van der Waals surface area (Å²) in [4.78, 5) is 29.2. The van der Waals surface area contributed by atoms with Gasteiger partial charge in [0.1, 0.15) is 0 Å². The molecule has 1 rings (SSSR count). The minimum atomic E-state index is -0.153. The minimum Gasteiger partial charge on any atom is -0.370 e. The van der Waals surface area contributed by atoms with Crippen LogP contribution in [-0.4, -0.2) is 42.1 Å². The summed E-state index contributed by atoms with van der Waals surface area (Å²) in [6.07, 6.45) is 42.0. The maximum Gasteiger partial charge on any atom is 0.217 e. The molecule has 46 heavy (non-hydrogen) atoms. The quantitative estimate of drug-likeness (QED) is 0.0706. The molecular formula is C41H81N3O2. The SMILES string of the molecule is CCCCCCCCCCCCCCCCCC(=O)C1=NCCN1CC.CCCCCCCCCCCCCCCCCC(N)=O. The lowest BCUT2D eigenvalue weighted by atomic mass is 10.0. The molecule has 5 nitrogen and oxygen atoms in total. The van der Waals surface area contributed by atoms with Gasteiger partial charge in [-0.05, 0) is 19.8 Å². The first-order valence-corrected chi connectivity index (χ1v) is 20.7. The van der Waals surface area contributed by atoms with Crippen LogP contribution in [0, 0.1) is 0 Å². The molecule has 0 saturated carbocycles. The average Bonchev–Trinajstić information content (AvgIpc) is 3.54. The Morgan fingerprint density at radius 3 is 1.11 bits per heavy atom. The first-order valence-electron chi connectivity index (χ1n) is 20.7. The summed E-state index contributed by atoms with van der Waals surface area (Å²) in [7, 11) is 0. The Bertz CT molecular complexity index is 693. The number of unbranched alkanes of at least 4 members (excludes halogenated alkanes) is 28. The molecule has 0 fully saturated rings. The number of hydrogen-bond acceptors (Lipinski definition) is 4. The van der Waals surface area contributed by atoms with Gasteiger partial charge >= 0.3 is 0 Å². The van der Waals surface area contributed by atoms with Gasteiger partial charge in [0.15, 0.2) is 11.6 Å². The molecule has 1 heterocycles. The lowest BCUT2D eigenvalue weighted by Gasteiger charge is -2.16. The number of carbonyl (C=O) groups is 2. The molecule has 0 spiro atoms. The van der Waals surface area contributed by atoms with E-state index in [1.807, 2.05) is 0 Å². The van der Waals surface area contributed by atoms with E-state index in [0.29, 0.717) is 12.8 Å². The molecule has 1 aliphatic rings. The fraction of sp³-hybridized carbons (Fsp3) is 0.927.